The van der Waals surface area contributed by atoms with Crippen LogP contribution in [0.5, 0.6) is 0 Å². The summed E-state index contributed by atoms with van der Waals surface area (Å²) >= 11 is 1.44. The number of nitrogens with zero attached hydrogens (tertiary/aromatic N) is 2. The van der Waals surface area contributed by atoms with E-state index in [1.807, 2.05) is 17.7 Å². The molecule has 0 amide bonds. The Kier molecular flexibility index (Phi) is 4.92. The van der Waals surface area contributed by atoms with Crippen LogP contribution in [0.2, 0.25) is 0 Å². The predicted octanol–water partition coefficient (Wildman–Crippen LogP) is 1.03. The SMILES string of the molecule is CNCc1sccc1S(=O)(=O)NC(C)Cn1ccnc1. The number of hydrogen-bond acceptors (Lipinski definition) is 5. The second kappa shape index (κ2) is 6.49. The molecule has 0 aromatic carbocycles. The molecule has 1 atom stereocenters. The van der Waals surface area contributed by atoms with Gasteiger partial charge in [-0.25, -0.2) is 18.1 Å². The third-order valence-corrected chi connectivity index (χ3v) is 5.46. The van der Waals surface area contributed by atoms with Gasteiger partial charge in [0.25, 0.3) is 0 Å². The van der Waals surface area contributed by atoms with E-state index in [0.29, 0.717) is 18.0 Å². The zero-order chi connectivity index (χ0) is 14.6. The summed E-state index contributed by atoms with van der Waals surface area (Å²) in [6.45, 7) is 2.93. The van der Waals surface area contributed by atoms with E-state index < -0.39 is 10.0 Å². The molecule has 0 saturated heterocycles. The van der Waals surface area contributed by atoms with Crippen LogP contribution in [0.25, 0.3) is 0 Å². The summed E-state index contributed by atoms with van der Waals surface area (Å²) in [5.74, 6) is 0. The fraction of sp³-hybridized carbons (Fsp3) is 0.417. The Morgan fingerprint density at radius 3 is 2.95 bits per heavy atom. The van der Waals surface area contributed by atoms with Gasteiger partial charge in [-0.05, 0) is 25.4 Å². The normalized spacial score (nSPS) is 13.5. The molecule has 2 aromatic rings. The molecule has 2 N–H and O–H groups in total. The van der Waals surface area contributed by atoms with Crippen molar-refractivity contribution in [3.8, 4) is 0 Å². The van der Waals surface area contributed by atoms with Crippen molar-refractivity contribution in [3.63, 3.8) is 0 Å². The molecular formula is C12H18N4O2S2. The highest BCUT2D eigenvalue weighted by molar-refractivity contribution is 7.89. The second-order valence-corrected chi connectivity index (χ2v) is 7.20. The van der Waals surface area contributed by atoms with Crippen LogP contribution in [0, 0.1) is 0 Å². The first-order valence-corrected chi connectivity index (χ1v) is 8.58. The highest BCUT2D eigenvalue weighted by Gasteiger charge is 2.21. The molecule has 2 aromatic heterocycles. The van der Waals surface area contributed by atoms with Gasteiger partial charge in [0, 0.05) is 36.4 Å². The van der Waals surface area contributed by atoms with Gasteiger partial charge < -0.3 is 9.88 Å². The molecule has 2 heterocycles. The zero-order valence-electron chi connectivity index (χ0n) is 11.4. The van der Waals surface area contributed by atoms with E-state index in [1.165, 1.54) is 11.3 Å². The lowest BCUT2D eigenvalue weighted by Gasteiger charge is -2.15. The predicted molar refractivity (Wildman–Crippen MR) is 79.1 cm³/mol. The minimum absolute atomic E-state index is 0.212. The van der Waals surface area contributed by atoms with Gasteiger partial charge in [-0.3, -0.25) is 0 Å². The number of thiophene rings is 1. The van der Waals surface area contributed by atoms with Gasteiger partial charge in [-0.2, -0.15) is 0 Å². The molecule has 110 valence electrons. The molecule has 0 aliphatic rings. The van der Waals surface area contributed by atoms with E-state index in [9.17, 15) is 8.42 Å². The third-order valence-electron chi connectivity index (χ3n) is 2.73. The van der Waals surface area contributed by atoms with E-state index >= 15 is 0 Å². The number of hydrogen-bond donors (Lipinski definition) is 2. The number of nitrogens with one attached hydrogen (secondary N) is 2. The van der Waals surface area contributed by atoms with Crippen molar-refractivity contribution in [3.05, 3.63) is 35.0 Å². The van der Waals surface area contributed by atoms with Crippen molar-refractivity contribution in [2.75, 3.05) is 7.05 Å². The number of rotatable bonds is 7. The monoisotopic (exact) mass is 314 g/mol. The molecule has 0 aliphatic carbocycles. The summed E-state index contributed by atoms with van der Waals surface area (Å²) in [5.41, 5.74) is 0. The molecule has 0 bridgehead atoms. The summed E-state index contributed by atoms with van der Waals surface area (Å²) in [7, 11) is -1.69. The minimum Gasteiger partial charge on any atom is -0.336 e. The molecule has 0 aliphatic heterocycles. The van der Waals surface area contributed by atoms with Crippen molar-refractivity contribution in [2.24, 2.45) is 0 Å². The van der Waals surface area contributed by atoms with Gasteiger partial charge >= 0.3 is 0 Å². The first-order valence-electron chi connectivity index (χ1n) is 6.22. The smallest absolute Gasteiger partial charge is 0.242 e. The van der Waals surface area contributed by atoms with Gasteiger partial charge in [0.1, 0.15) is 0 Å². The van der Waals surface area contributed by atoms with Crippen molar-refractivity contribution >= 4 is 21.4 Å². The van der Waals surface area contributed by atoms with Crippen LogP contribution in [-0.2, 0) is 23.1 Å². The molecule has 0 fully saturated rings. The molecule has 6 nitrogen and oxygen atoms in total. The highest BCUT2D eigenvalue weighted by atomic mass is 32.2. The topological polar surface area (TPSA) is 76.0 Å². The lowest BCUT2D eigenvalue weighted by atomic mass is 10.4. The summed E-state index contributed by atoms with van der Waals surface area (Å²) in [4.78, 5) is 5.11. The van der Waals surface area contributed by atoms with E-state index in [0.717, 1.165) is 4.88 Å². The van der Waals surface area contributed by atoms with Crippen LogP contribution in [0.15, 0.2) is 35.1 Å². The van der Waals surface area contributed by atoms with Crippen molar-refractivity contribution in [2.45, 2.75) is 31.0 Å². The Balaban J connectivity index is 2.08. The van der Waals surface area contributed by atoms with Crippen LogP contribution in [-0.4, -0.2) is 31.1 Å². The summed E-state index contributed by atoms with van der Waals surface area (Å²) in [6.07, 6.45) is 5.15. The van der Waals surface area contributed by atoms with Crippen LogP contribution >= 0.6 is 11.3 Å². The fourth-order valence-corrected chi connectivity index (χ4v) is 4.62. The van der Waals surface area contributed by atoms with E-state index in [4.69, 9.17) is 0 Å². The minimum atomic E-state index is -3.49. The van der Waals surface area contributed by atoms with Crippen molar-refractivity contribution < 1.29 is 8.42 Å². The Labute approximate surface area is 122 Å². The maximum atomic E-state index is 12.4. The van der Waals surface area contributed by atoms with Crippen LogP contribution in [0.1, 0.15) is 11.8 Å². The fourth-order valence-electron chi connectivity index (χ4n) is 1.93. The summed E-state index contributed by atoms with van der Waals surface area (Å²) < 4.78 is 29.3. The quantitative estimate of drug-likeness (QED) is 0.800. The molecule has 2 rings (SSSR count). The average Bonchev–Trinajstić information content (AvgIpc) is 2.99. The number of sulfonamides is 1. The average molecular weight is 314 g/mol. The van der Waals surface area contributed by atoms with Gasteiger partial charge in [0.15, 0.2) is 0 Å². The van der Waals surface area contributed by atoms with Crippen molar-refractivity contribution in [1.29, 1.82) is 0 Å². The van der Waals surface area contributed by atoms with Gasteiger partial charge in [0.2, 0.25) is 10.0 Å². The Morgan fingerprint density at radius 2 is 2.30 bits per heavy atom. The first-order chi connectivity index (χ1) is 9.53. The second-order valence-electron chi connectivity index (χ2n) is 4.52. The number of aromatic nitrogens is 2. The van der Waals surface area contributed by atoms with Crippen LogP contribution in [0.4, 0.5) is 0 Å². The maximum Gasteiger partial charge on any atom is 0.242 e. The molecular weight excluding hydrogens is 296 g/mol. The van der Waals surface area contributed by atoms with E-state index in [1.54, 1.807) is 31.0 Å². The molecule has 8 heteroatoms. The number of imidazole rings is 1. The molecule has 0 saturated carbocycles. The van der Waals surface area contributed by atoms with Gasteiger partial charge in [-0.15, -0.1) is 11.3 Å². The maximum absolute atomic E-state index is 12.4. The summed E-state index contributed by atoms with van der Waals surface area (Å²) in [5, 5.41) is 4.77. The van der Waals surface area contributed by atoms with Crippen molar-refractivity contribution in [1.82, 2.24) is 19.6 Å². The lowest BCUT2D eigenvalue weighted by molar-refractivity contribution is 0.520. The third kappa shape index (κ3) is 3.66. The molecule has 0 radical (unpaired) electrons. The molecule has 1 unspecified atom stereocenters. The van der Waals surface area contributed by atoms with Crippen LogP contribution in [0.3, 0.4) is 0 Å². The zero-order valence-corrected chi connectivity index (χ0v) is 13.0. The first kappa shape index (κ1) is 15.2. The largest absolute Gasteiger partial charge is 0.336 e. The Bertz CT molecular complexity index is 634. The highest BCUT2D eigenvalue weighted by Crippen LogP contribution is 2.21. The standard InChI is InChI=1S/C12H18N4O2S2/c1-10(8-16-5-4-14-9-16)15-20(17,18)12-3-6-19-11(12)7-13-2/h3-6,9-10,13,15H,7-8H2,1-2H3. The lowest BCUT2D eigenvalue weighted by Crippen LogP contribution is -2.35. The molecule has 20 heavy (non-hydrogen) atoms. The Hall–Kier alpha value is -1.22. The Morgan fingerprint density at radius 1 is 1.50 bits per heavy atom. The molecule has 0 spiro atoms. The van der Waals surface area contributed by atoms with Gasteiger partial charge in [0.05, 0.1) is 11.2 Å². The van der Waals surface area contributed by atoms with E-state index in [2.05, 4.69) is 15.0 Å². The van der Waals surface area contributed by atoms with Crippen LogP contribution < -0.4 is 10.0 Å². The van der Waals surface area contributed by atoms with E-state index in [-0.39, 0.29) is 6.04 Å². The van der Waals surface area contributed by atoms with Gasteiger partial charge in [-0.1, -0.05) is 0 Å². The summed E-state index contributed by atoms with van der Waals surface area (Å²) in [6, 6.07) is 1.43.